The van der Waals surface area contributed by atoms with Gasteiger partial charge in [0.05, 0.1) is 10.6 Å². The topological polar surface area (TPSA) is 55.4 Å². The summed E-state index contributed by atoms with van der Waals surface area (Å²) in [7, 11) is 0. The summed E-state index contributed by atoms with van der Waals surface area (Å²) in [4.78, 5) is 16.1. The molecule has 0 aliphatic heterocycles. The van der Waals surface area contributed by atoms with Gasteiger partial charge in [0.25, 0.3) is 0 Å². The van der Waals surface area contributed by atoms with Gasteiger partial charge in [-0.05, 0) is 30.7 Å². The van der Waals surface area contributed by atoms with Crippen molar-refractivity contribution in [2.24, 2.45) is 10.7 Å². The Morgan fingerprint density at radius 3 is 2.72 bits per heavy atom. The zero-order chi connectivity index (χ0) is 13.5. The number of ketones is 1. The van der Waals surface area contributed by atoms with E-state index in [1.807, 2.05) is 0 Å². The van der Waals surface area contributed by atoms with Gasteiger partial charge in [-0.3, -0.25) is 4.79 Å². The molecule has 2 N–H and O–H groups in total. The molecule has 0 fully saturated rings. The lowest BCUT2D eigenvalue weighted by atomic mass is 10.1. The van der Waals surface area contributed by atoms with Crippen LogP contribution in [0.2, 0.25) is 0 Å². The highest BCUT2D eigenvalue weighted by atomic mass is 32.2. The van der Waals surface area contributed by atoms with E-state index in [0.717, 1.165) is 0 Å². The monoisotopic (exact) mass is 264 g/mol. The third-order valence-electron chi connectivity index (χ3n) is 2.09. The third-order valence-corrected chi connectivity index (χ3v) is 2.65. The van der Waals surface area contributed by atoms with Crippen molar-refractivity contribution in [2.75, 3.05) is 6.26 Å². The van der Waals surface area contributed by atoms with Gasteiger partial charge in [-0.1, -0.05) is 18.7 Å². The second-order valence-corrected chi connectivity index (χ2v) is 4.14. The van der Waals surface area contributed by atoms with Gasteiger partial charge in [0.2, 0.25) is 5.78 Å². The van der Waals surface area contributed by atoms with E-state index in [0.29, 0.717) is 5.03 Å². The van der Waals surface area contributed by atoms with E-state index in [4.69, 9.17) is 5.73 Å². The summed E-state index contributed by atoms with van der Waals surface area (Å²) in [5.74, 6) is -1.11. The van der Waals surface area contributed by atoms with Crippen molar-refractivity contribution in [3.05, 3.63) is 59.5 Å². The minimum absolute atomic E-state index is 0.0387. The number of carbonyl (C=O) groups is 1. The highest BCUT2D eigenvalue weighted by molar-refractivity contribution is 8.02. The lowest BCUT2D eigenvalue weighted by Crippen LogP contribution is -2.14. The normalized spacial score (nSPS) is 11.8. The van der Waals surface area contributed by atoms with Gasteiger partial charge >= 0.3 is 0 Å². The Bertz CT molecular complexity index is 523. The number of rotatable bonds is 5. The van der Waals surface area contributed by atoms with Gasteiger partial charge in [0.15, 0.2) is 0 Å². The number of nitrogens with zero attached hydrogens (tertiary/aromatic N) is 1. The number of hydrogen-bond donors (Lipinski definition) is 1. The Balaban J connectivity index is 3.16. The van der Waals surface area contributed by atoms with Crippen LogP contribution in [0.3, 0.4) is 0 Å². The Labute approximate surface area is 109 Å². The number of hydrogen-bond acceptors (Lipinski definition) is 4. The fraction of sp³-hybridized carbons (Fsp3) is 0.0769. The largest absolute Gasteiger partial charge is 0.405 e. The number of aliphatic imine (C=N–C) groups is 1. The first kappa shape index (κ1) is 14.2. The first-order valence-electron chi connectivity index (χ1n) is 5.09. The number of carbonyl (C=O) groups excluding carboxylic acids is 1. The predicted octanol–water partition coefficient (Wildman–Crippen LogP) is 2.76. The molecule has 0 amide bonds. The van der Waals surface area contributed by atoms with Gasteiger partial charge in [0.1, 0.15) is 11.5 Å². The van der Waals surface area contributed by atoms with E-state index >= 15 is 0 Å². The van der Waals surface area contributed by atoms with Crippen molar-refractivity contribution in [3.8, 4) is 0 Å². The molecular weight excluding hydrogens is 251 g/mol. The molecular formula is C13H13FN2OS. The molecule has 94 valence electrons. The summed E-state index contributed by atoms with van der Waals surface area (Å²) in [5, 5.41) is 0.452. The lowest BCUT2D eigenvalue weighted by Gasteiger charge is -2.03. The van der Waals surface area contributed by atoms with E-state index in [1.165, 1.54) is 42.2 Å². The molecule has 0 bridgehead atoms. The molecule has 5 heteroatoms. The van der Waals surface area contributed by atoms with E-state index < -0.39 is 11.6 Å². The molecule has 18 heavy (non-hydrogen) atoms. The number of allylic oxidation sites excluding steroid dienone is 1. The standard InChI is InChI=1S/C13H13FN2OS/c1-9(18-2)16-12(7-8-15)13(17)10-5-3-4-6-11(10)14/h3-8H,1,15H2,2H3/b8-7-,16-12?. The molecule has 0 saturated carbocycles. The minimum Gasteiger partial charge on any atom is -0.405 e. The van der Waals surface area contributed by atoms with Gasteiger partial charge in [-0.2, -0.15) is 0 Å². The molecule has 0 heterocycles. The number of thioether (sulfide) groups is 1. The molecule has 1 aromatic rings. The molecule has 0 radical (unpaired) electrons. The van der Waals surface area contributed by atoms with Crippen molar-refractivity contribution in [1.29, 1.82) is 0 Å². The molecule has 3 nitrogen and oxygen atoms in total. The second-order valence-electron chi connectivity index (χ2n) is 3.26. The van der Waals surface area contributed by atoms with Gasteiger partial charge in [-0.15, -0.1) is 11.8 Å². The van der Waals surface area contributed by atoms with Gasteiger partial charge in [0, 0.05) is 0 Å². The number of benzene rings is 1. The molecule has 0 aliphatic rings. The highest BCUT2D eigenvalue weighted by Crippen LogP contribution is 2.13. The molecule has 0 aromatic heterocycles. The SMILES string of the molecule is C=C(N=C(/C=C\N)C(=O)c1ccccc1F)SC. The zero-order valence-electron chi connectivity index (χ0n) is 9.89. The summed E-state index contributed by atoms with van der Waals surface area (Å²) < 4.78 is 13.5. The van der Waals surface area contributed by atoms with Crippen molar-refractivity contribution in [1.82, 2.24) is 0 Å². The van der Waals surface area contributed by atoms with Crippen LogP contribution < -0.4 is 5.73 Å². The maximum Gasteiger partial charge on any atom is 0.214 e. The van der Waals surface area contributed by atoms with Crippen LogP contribution in [0.5, 0.6) is 0 Å². The fourth-order valence-corrected chi connectivity index (χ4v) is 1.41. The van der Waals surface area contributed by atoms with Crippen LogP contribution in [-0.2, 0) is 0 Å². The average molecular weight is 264 g/mol. The van der Waals surface area contributed by atoms with Crippen LogP contribution in [0, 0.1) is 5.82 Å². The van der Waals surface area contributed by atoms with Crippen LogP contribution in [0.25, 0.3) is 0 Å². The van der Waals surface area contributed by atoms with E-state index in [9.17, 15) is 9.18 Å². The van der Waals surface area contributed by atoms with Crippen LogP contribution in [-0.4, -0.2) is 17.8 Å². The van der Waals surface area contributed by atoms with Crippen LogP contribution in [0.1, 0.15) is 10.4 Å². The highest BCUT2D eigenvalue weighted by Gasteiger charge is 2.15. The lowest BCUT2D eigenvalue weighted by molar-refractivity contribution is 0.106. The molecule has 0 unspecified atom stereocenters. The Morgan fingerprint density at radius 1 is 1.50 bits per heavy atom. The Kier molecular flexibility index (Phi) is 5.32. The maximum atomic E-state index is 13.5. The summed E-state index contributed by atoms with van der Waals surface area (Å²) in [6.45, 7) is 3.65. The molecule has 1 rings (SSSR count). The van der Waals surface area contributed by atoms with Crippen LogP contribution in [0.4, 0.5) is 4.39 Å². The summed E-state index contributed by atoms with van der Waals surface area (Å²) in [6.07, 6.45) is 4.30. The first-order valence-corrected chi connectivity index (χ1v) is 6.31. The van der Waals surface area contributed by atoms with Gasteiger partial charge < -0.3 is 5.73 Å². The smallest absolute Gasteiger partial charge is 0.214 e. The van der Waals surface area contributed by atoms with E-state index in [2.05, 4.69) is 11.6 Å². The van der Waals surface area contributed by atoms with Crippen molar-refractivity contribution in [3.63, 3.8) is 0 Å². The molecule has 0 saturated heterocycles. The van der Waals surface area contributed by atoms with Crippen molar-refractivity contribution in [2.45, 2.75) is 0 Å². The zero-order valence-corrected chi connectivity index (χ0v) is 10.7. The Morgan fingerprint density at radius 2 is 2.17 bits per heavy atom. The summed E-state index contributed by atoms with van der Waals surface area (Å²) >= 11 is 1.29. The maximum absolute atomic E-state index is 13.5. The quantitative estimate of drug-likeness (QED) is 0.657. The van der Waals surface area contributed by atoms with Gasteiger partial charge in [-0.25, -0.2) is 9.38 Å². The fourth-order valence-electron chi connectivity index (χ4n) is 1.22. The van der Waals surface area contributed by atoms with E-state index in [-0.39, 0.29) is 11.3 Å². The number of nitrogens with two attached hydrogens (primary N) is 1. The van der Waals surface area contributed by atoms with Crippen molar-refractivity contribution < 1.29 is 9.18 Å². The van der Waals surface area contributed by atoms with Crippen LogP contribution >= 0.6 is 11.8 Å². The molecule has 1 aromatic carbocycles. The predicted molar refractivity (Wildman–Crippen MR) is 74.1 cm³/mol. The number of Topliss-reactive ketones (excluding diaryl/α,β-unsaturated/α-hetero) is 1. The summed E-state index contributed by atoms with van der Waals surface area (Å²) in [5.41, 5.74) is 5.28. The third kappa shape index (κ3) is 3.56. The van der Waals surface area contributed by atoms with Crippen molar-refractivity contribution >= 4 is 23.3 Å². The summed E-state index contributed by atoms with van der Waals surface area (Å²) in [6, 6.07) is 5.73. The number of halogens is 1. The van der Waals surface area contributed by atoms with E-state index in [1.54, 1.807) is 12.3 Å². The molecule has 0 spiro atoms. The first-order chi connectivity index (χ1) is 8.60. The Hall–Kier alpha value is -1.88. The van der Waals surface area contributed by atoms with Crippen LogP contribution in [0.15, 0.2) is 53.1 Å². The molecule has 0 atom stereocenters. The molecule has 0 aliphatic carbocycles. The average Bonchev–Trinajstić information content (AvgIpc) is 2.38. The second kappa shape index (κ2) is 6.76. The minimum atomic E-state index is -0.588.